The fourth-order valence-corrected chi connectivity index (χ4v) is 4.30. The highest BCUT2D eigenvalue weighted by Gasteiger charge is 2.31. The standard InChI is InChI=1S/C20H22N2O.C7H13F3N2/c1-13-11-17(15(3)21-19-8-6-5-7-14(19)2)16-9-10-22(4)20(23)18(16)12-13;1-11-2-4-12(5-3-11)6-7(8,9)10/h5-12,15,21H,1-4H3;2-6H2,1H3/t15-;/m1./s1. The van der Waals surface area contributed by atoms with Gasteiger partial charge in [-0.25, -0.2) is 0 Å². The second-order valence-corrected chi connectivity index (χ2v) is 9.42. The number of rotatable bonds is 4. The molecule has 0 radical (unpaired) electrons. The summed E-state index contributed by atoms with van der Waals surface area (Å²) >= 11 is 0. The molecule has 2 heterocycles. The van der Waals surface area contributed by atoms with Crippen molar-refractivity contribution in [1.82, 2.24) is 14.4 Å². The molecule has 0 aliphatic carbocycles. The van der Waals surface area contributed by atoms with Crippen LogP contribution in [0.5, 0.6) is 0 Å². The first-order chi connectivity index (χ1) is 16.4. The van der Waals surface area contributed by atoms with Crippen molar-refractivity contribution in [3.05, 3.63) is 75.7 Å². The molecule has 35 heavy (non-hydrogen) atoms. The van der Waals surface area contributed by atoms with E-state index < -0.39 is 12.7 Å². The molecule has 0 saturated carbocycles. The Morgan fingerprint density at radius 1 is 0.971 bits per heavy atom. The Hall–Kier alpha value is -2.84. The highest BCUT2D eigenvalue weighted by atomic mass is 19.4. The molecule has 0 spiro atoms. The summed E-state index contributed by atoms with van der Waals surface area (Å²) in [6.07, 6.45) is -2.21. The van der Waals surface area contributed by atoms with Crippen LogP contribution in [0.2, 0.25) is 0 Å². The zero-order valence-corrected chi connectivity index (χ0v) is 21.1. The van der Waals surface area contributed by atoms with Crippen molar-refractivity contribution in [3.63, 3.8) is 0 Å². The lowest BCUT2D eigenvalue weighted by Crippen LogP contribution is -2.47. The number of para-hydroxylation sites is 1. The first-order valence-corrected chi connectivity index (χ1v) is 11.8. The number of piperazine rings is 1. The predicted octanol–water partition coefficient (Wildman–Crippen LogP) is 5.12. The van der Waals surface area contributed by atoms with E-state index >= 15 is 0 Å². The van der Waals surface area contributed by atoms with Crippen LogP contribution in [-0.2, 0) is 7.05 Å². The van der Waals surface area contributed by atoms with Crippen molar-refractivity contribution in [2.75, 3.05) is 45.1 Å². The van der Waals surface area contributed by atoms with Crippen LogP contribution < -0.4 is 10.9 Å². The largest absolute Gasteiger partial charge is 0.401 e. The number of fused-ring (bicyclic) bond motifs is 1. The van der Waals surface area contributed by atoms with Gasteiger partial charge in [-0.05, 0) is 68.1 Å². The van der Waals surface area contributed by atoms with Gasteiger partial charge in [0.25, 0.3) is 5.56 Å². The van der Waals surface area contributed by atoms with E-state index in [4.69, 9.17) is 0 Å². The van der Waals surface area contributed by atoms with Gasteiger partial charge in [0.2, 0.25) is 0 Å². The second kappa shape index (κ2) is 11.3. The van der Waals surface area contributed by atoms with Gasteiger partial charge in [0.1, 0.15) is 0 Å². The Balaban J connectivity index is 0.000000241. The fourth-order valence-electron chi connectivity index (χ4n) is 4.30. The van der Waals surface area contributed by atoms with Gasteiger partial charge in [-0.1, -0.05) is 24.3 Å². The number of likely N-dealkylation sites (N-methyl/N-ethyl adjacent to an activating group) is 1. The minimum Gasteiger partial charge on any atom is -0.378 e. The van der Waals surface area contributed by atoms with E-state index in [0.29, 0.717) is 13.1 Å². The van der Waals surface area contributed by atoms with Crippen molar-refractivity contribution in [1.29, 1.82) is 0 Å². The number of benzene rings is 2. The van der Waals surface area contributed by atoms with Crippen molar-refractivity contribution < 1.29 is 13.2 Å². The molecule has 1 saturated heterocycles. The molecule has 0 unspecified atom stereocenters. The number of nitrogens with one attached hydrogen (secondary N) is 1. The Bertz CT molecular complexity index is 1200. The molecule has 0 bridgehead atoms. The smallest absolute Gasteiger partial charge is 0.378 e. The first-order valence-electron chi connectivity index (χ1n) is 11.8. The summed E-state index contributed by atoms with van der Waals surface area (Å²) in [5, 5.41) is 5.37. The van der Waals surface area contributed by atoms with Crippen LogP contribution in [0, 0.1) is 13.8 Å². The number of hydrogen-bond acceptors (Lipinski definition) is 4. The fraction of sp³-hybridized carbons (Fsp3) is 0.444. The van der Waals surface area contributed by atoms with Crippen LogP contribution in [-0.4, -0.2) is 60.3 Å². The molecular formula is C27H35F3N4O. The van der Waals surface area contributed by atoms with E-state index in [9.17, 15) is 18.0 Å². The summed E-state index contributed by atoms with van der Waals surface area (Å²) in [6, 6.07) is 14.5. The van der Waals surface area contributed by atoms with Gasteiger partial charge in [0.15, 0.2) is 0 Å². The third-order valence-corrected chi connectivity index (χ3v) is 6.35. The summed E-state index contributed by atoms with van der Waals surface area (Å²) in [6.45, 7) is 8.02. The third kappa shape index (κ3) is 7.32. The second-order valence-electron chi connectivity index (χ2n) is 9.42. The van der Waals surface area contributed by atoms with Crippen LogP contribution in [0.1, 0.15) is 29.7 Å². The maximum Gasteiger partial charge on any atom is 0.401 e. The SMILES string of the molecule is CN1CCN(CC(F)(F)F)CC1.Cc1cc([C@@H](C)Nc2ccccc2C)c2ccn(C)c(=O)c2c1. The van der Waals surface area contributed by atoms with Crippen LogP contribution in [0.25, 0.3) is 10.8 Å². The number of alkyl halides is 3. The van der Waals surface area contributed by atoms with Gasteiger partial charge in [0, 0.05) is 56.5 Å². The third-order valence-electron chi connectivity index (χ3n) is 6.35. The van der Waals surface area contributed by atoms with E-state index in [-0.39, 0.29) is 11.6 Å². The Morgan fingerprint density at radius 3 is 2.26 bits per heavy atom. The van der Waals surface area contributed by atoms with Gasteiger partial charge < -0.3 is 14.8 Å². The minimum atomic E-state index is -4.05. The average molecular weight is 489 g/mol. The molecule has 5 nitrogen and oxygen atoms in total. The number of anilines is 1. The number of hydrogen-bond donors (Lipinski definition) is 1. The number of nitrogens with zero attached hydrogens (tertiary/aromatic N) is 3. The summed E-state index contributed by atoms with van der Waals surface area (Å²) in [5.74, 6) is 0. The van der Waals surface area contributed by atoms with Crippen LogP contribution in [0.3, 0.4) is 0 Å². The van der Waals surface area contributed by atoms with E-state index in [0.717, 1.165) is 40.7 Å². The monoisotopic (exact) mass is 488 g/mol. The number of halogens is 3. The summed E-state index contributed by atoms with van der Waals surface area (Å²) < 4.78 is 37.3. The molecule has 4 rings (SSSR count). The van der Waals surface area contributed by atoms with E-state index in [1.165, 1.54) is 10.5 Å². The van der Waals surface area contributed by atoms with E-state index in [1.807, 2.05) is 49.3 Å². The average Bonchev–Trinajstić information content (AvgIpc) is 2.79. The first kappa shape index (κ1) is 26.8. The molecule has 190 valence electrons. The van der Waals surface area contributed by atoms with Crippen LogP contribution in [0.4, 0.5) is 18.9 Å². The van der Waals surface area contributed by atoms with E-state index in [1.54, 1.807) is 11.6 Å². The minimum absolute atomic E-state index is 0.0514. The molecule has 3 aromatic rings. The number of aryl methyl sites for hydroxylation is 3. The molecule has 8 heteroatoms. The van der Waals surface area contributed by atoms with Gasteiger partial charge >= 0.3 is 6.18 Å². The van der Waals surface area contributed by atoms with Gasteiger partial charge in [-0.3, -0.25) is 9.69 Å². The quantitative estimate of drug-likeness (QED) is 0.553. The summed E-state index contributed by atoms with van der Waals surface area (Å²) in [4.78, 5) is 15.9. The van der Waals surface area contributed by atoms with Crippen LogP contribution in [0.15, 0.2) is 53.5 Å². The Labute approximate surface area is 205 Å². The predicted molar refractivity (Wildman–Crippen MR) is 137 cm³/mol. The summed E-state index contributed by atoms with van der Waals surface area (Å²) in [5.41, 5.74) is 4.65. The Morgan fingerprint density at radius 2 is 1.63 bits per heavy atom. The normalized spacial score (nSPS) is 16.0. The molecule has 1 fully saturated rings. The van der Waals surface area contributed by atoms with Crippen molar-refractivity contribution >= 4 is 16.5 Å². The maximum atomic E-state index is 12.4. The zero-order valence-electron chi connectivity index (χ0n) is 21.1. The Kier molecular flexibility index (Phi) is 8.61. The topological polar surface area (TPSA) is 40.5 Å². The van der Waals surface area contributed by atoms with Gasteiger partial charge in [-0.15, -0.1) is 0 Å². The molecule has 1 N–H and O–H groups in total. The lowest BCUT2D eigenvalue weighted by atomic mass is 9.97. The molecule has 1 aromatic heterocycles. The maximum absolute atomic E-state index is 12.4. The summed E-state index contributed by atoms with van der Waals surface area (Å²) in [7, 11) is 3.71. The molecule has 2 aromatic carbocycles. The van der Waals surface area contributed by atoms with Crippen molar-refractivity contribution in [2.45, 2.75) is 33.0 Å². The number of pyridine rings is 1. The molecule has 1 aliphatic heterocycles. The molecular weight excluding hydrogens is 453 g/mol. The lowest BCUT2D eigenvalue weighted by Gasteiger charge is -2.32. The highest BCUT2D eigenvalue weighted by Crippen LogP contribution is 2.28. The molecule has 1 atom stereocenters. The number of aromatic nitrogens is 1. The molecule has 0 amide bonds. The lowest BCUT2D eigenvalue weighted by molar-refractivity contribution is -0.148. The van der Waals surface area contributed by atoms with Gasteiger partial charge in [-0.2, -0.15) is 13.2 Å². The highest BCUT2D eigenvalue weighted by molar-refractivity contribution is 5.86. The van der Waals surface area contributed by atoms with Crippen LogP contribution >= 0.6 is 0 Å². The molecule has 1 aliphatic rings. The van der Waals surface area contributed by atoms with E-state index in [2.05, 4.69) is 37.4 Å². The van der Waals surface area contributed by atoms with Crippen molar-refractivity contribution in [3.8, 4) is 0 Å². The van der Waals surface area contributed by atoms with Crippen molar-refractivity contribution in [2.24, 2.45) is 7.05 Å². The zero-order chi connectivity index (χ0) is 25.8. The van der Waals surface area contributed by atoms with Gasteiger partial charge in [0.05, 0.1) is 6.54 Å².